The molecule has 3 nitrogen and oxygen atoms in total. The van der Waals surface area contributed by atoms with Crippen LogP contribution in [0.4, 0.5) is 0 Å². The molecule has 1 N–H and O–H groups in total. The molecule has 2 atom stereocenters. The number of aliphatic carboxylic acids is 1. The van der Waals surface area contributed by atoms with E-state index >= 15 is 0 Å². The van der Waals surface area contributed by atoms with Gasteiger partial charge in [0.15, 0.2) is 0 Å². The van der Waals surface area contributed by atoms with Crippen molar-refractivity contribution in [2.45, 2.75) is 51.2 Å². The molecule has 2 unspecified atom stereocenters. The van der Waals surface area contributed by atoms with E-state index in [2.05, 4.69) is 0 Å². The first-order chi connectivity index (χ1) is 6.63. The van der Waals surface area contributed by atoms with Gasteiger partial charge in [-0.15, -0.1) is 0 Å². The average Bonchev–Trinajstić information content (AvgIpc) is 2.14. The van der Waals surface area contributed by atoms with Crippen LogP contribution in [-0.2, 0) is 15.6 Å². The summed E-state index contributed by atoms with van der Waals surface area (Å²) in [6.45, 7) is 4.02. The van der Waals surface area contributed by atoms with Crippen molar-refractivity contribution in [3.05, 3.63) is 0 Å². The summed E-state index contributed by atoms with van der Waals surface area (Å²) < 4.78 is 11.6. The average molecular weight is 220 g/mol. The molecule has 0 bridgehead atoms. The zero-order valence-electron chi connectivity index (χ0n) is 8.99. The van der Waals surface area contributed by atoms with E-state index in [1.165, 1.54) is 0 Å². The Balaban J connectivity index is 4.05. The van der Waals surface area contributed by atoms with Crippen LogP contribution in [0.5, 0.6) is 0 Å². The quantitative estimate of drug-likeness (QED) is 0.682. The monoisotopic (exact) mass is 220 g/mol. The SMILES string of the molecule is CCCCC(C(=O)O)S(=O)CCCC. The largest absolute Gasteiger partial charge is 0.480 e. The molecule has 0 aromatic rings. The van der Waals surface area contributed by atoms with E-state index in [0.29, 0.717) is 12.2 Å². The summed E-state index contributed by atoms with van der Waals surface area (Å²) in [4.78, 5) is 10.8. The summed E-state index contributed by atoms with van der Waals surface area (Å²) in [5.41, 5.74) is 0. The van der Waals surface area contributed by atoms with Gasteiger partial charge in [-0.3, -0.25) is 9.00 Å². The molecule has 0 aliphatic heterocycles. The minimum atomic E-state index is -1.19. The van der Waals surface area contributed by atoms with Gasteiger partial charge in [-0.05, 0) is 12.8 Å². The van der Waals surface area contributed by atoms with Crippen LogP contribution in [0.1, 0.15) is 46.0 Å². The molecule has 0 rings (SSSR count). The van der Waals surface area contributed by atoms with Crippen LogP contribution in [0.25, 0.3) is 0 Å². The number of carboxylic acids is 1. The normalized spacial score (nSPS) is 15.0. The summed E-state index contributed by atoms with van der Waals surface area (Å²) in [6, 6.07) is 0. The van der Waals surface area contributed by atoms with Crippen molar-refractivity contribution in [1.82, 2.24) is 0 Å². The van der Waals surface area contributed by atoms with Gasteiger partial charge in [0.1, 0.15) is 5.25 Å². The highest BCUT2D eigenvalue weighted by Gasteiger charge is 2.23. The van der Waals surface area contributed by atoms with E-state index in [4.69, 9.17) is 5.11 Å². The number of rotatable bonds is 8. The highest BCUT2D eigenvalue weighted by molar-refractivity contribution is 7.86. The molecule has 84 valence electrons. The molecule has 0 aliphatic carbocycles. The fraction of sp³-hybridized carbons (Fsp3) is 0.900. The Hall–Kier alpha value is -0.380. The van der Waals surface area contributed by atoms with E-state index in [1.807, 2.05) is 13.8 Å². The number of carboxylic acid groups (broad SMARTS) is 1. The van der Waals surface area contributed by atoms with Gasteiger partial charge in [-0.1, -0.05) is 33.1 Å². The molecule has 0 saturated carbocycles. The molecule has 0 amide bonds. The fourth-order valence-electron chi connectivity index (χ4n) is 1.19. The molecule has 0 spiro atoms. The van der Waals surface area contributed by atoms with E-state index in [-0.39, 0.29) is 0 Å². The Morgan fingerprint density at radius 3 is 2.29 bits per heavy atom. The Labute approximate surface area is 88.4 Å². The molecule has 0 fully saturated rings. The van der Waals surface area contributed by atoms with Gasteiger partial charge in [-0.25, -0.2) is 0 Å². The molecule has 0 radical (unpaired) electrons. The van der Waals surface area contributed by atoms with Crippen LogP contribution < -0.4 is 0 Å². The molecule has 0 aromatic carbocycles. The summed E-state index contributed by atoms with van der Waals surface area (Å²) in [7, 11) is -1.19. The van der Waals surface area contributed by atoms with Gasteiger partial charge in [0, 0.05) is 16.6 Å². The summed E-state index contributed by atoms with van der Waals surface area (Å²) in [6.07, 6.45) is 4.15. The lowest BCUT2D eigenvalue weighted by Crippen LogP contribution is -2.27. The van der Waals surface area contributed by atoms with Crippen LogP contribution in [0.15, 0.2) is 0 Å². The highest BCUT2D eigenvalue weighted by atomic mass is 32.2. The molecule has 0 heterocycles. The Kier molecular flexibility index (Phi) is 7.76. The number of hydrogen-bond acceptors (Lipinski definition) is 2. The number of carbonyl (C=O) groups is 1. The molecular formula is C10H20O3S. The van der Waals surface area contributed by atoms with E-state index in [1.54, 1.807) is 0 Å². The van der Waals surface area contributed by atoms with Crippen LogP contribution in [-0.4, -0.2) is 26.3 Å². The number of hydrogen-bond donors (Lipinski definition) is 1. The third-order valence-corrected chi connectivity index (χ3v) is 3.87. The predicted molar refractivity (Wildman–Crippen MR) is 58.9 cm³/mol. The van der Waals surface area contributed by atoms with Crippen LogP contribution in [0.3, 0.4) is 0 Å². The second-order valence-corrected chi connectivity index (χ2v) is 5.15. The van der Waals surface area contributed by atoms with E-state index < -0.39 is 22.0 Å². The molecule has 14 heavy (non-hydrogen) atoms. The number of unbranched alkanes of at least 4 members (excludes halogenated alkanes) is 2. The first kappa shape index (κ1) is 13.6. The molecule has 0 saturated heterocycles. The summed E-state index contributed by atoms with van der Waals surface area (Å²) in [5.74, 6) is -0.384. The maximum absolute atomic E-state index is 11.6. The van der Waals surface area contributed by atoms with Gasteiger partial charge < -0.3 is 5.11 Å². The molecule has 4 heteroatoms. The van der Waals surface area contributed by atoms with Crippen LogP contribution in [0, 0.1) is 0 Å². The van der Waals surface area contributed by atoms with Gasteiger partial charge in [0.25, 0.3) is 0 Å². The molecule has 0 aromatic heterocycles. The summed E-state index contributed by atoms with van der Waals surface area (Å²) in [5, 5.41) is 8.23. The lowest BCUT2D eigenvalue weighted by Gasteiger charge is -2.10. The smallest absolute Gasteiger partial charge is 0.319 e. The Bertz CT molecular complexity index is 192. The van der Waals surface area contributed by atoms with Crippen molar-refractivity contribution in [2.24, 2.45) is 0 Å². The van der Waals surface area contributed by atoms with Crippen molar-refractivity contribution in [3.8, 4) is 0 Å². The molecule has 0 aliphatic rings. The molecular weight excluding hydrogens is 200 g/mol. The zero-order valence-corrected chi connectivity index (χ0v) is 9.81. The zero-order chi connectivity index (χ0) is 11.0. The van der Waals surface area contributed by atoms with Gasteiger partial charge >= 0.3 is 5.97 Å². The van der Waals surface area contributed by atoms with E-state index in [9.17, 15) is 9.00 Å². The second-order valence-electron chi connectivity index (χ2n) is 3.41. The van der Waals surface area contributed by atoms with Crippen molar-refractivity contribution in [1.29, 1.82) is 0 Å². The highest BCUT2D eigenvalue weighted by Crippen LogP contribution is 2.09. The minimum absolute atomic E-state index is 0.525. The second kappa shape index (κ2) is 7.97. The van der Waals surface area contributed by atoms with Crippen molar-refractivity contribution in [3.63, 3.8) is 0 Å². The lowest BCUT2D eigenvalue weighted by atomic mass is 10.2. The Morgan fingerprint density at radius 2 is 1.86 bits per heavy atom. The van der Waals surface area contributed by atoms with E-state index in [0.717, 1.165) is 25.7 Å². The topological polar surface area (TPSA) is 54.4 Å². The lowest BCUT2D eigenvalue weighted by molar-refractivity contribution is -0.136. The van der Waals surface area contributed by atoms with Crippen molar-refractivity contribution in [2.75, 3.05) is 5.75 Å². The van der Waals surface area contributed by atoms with Gasteiger partial charge in [0.05, 0.1) is 0 Å². The van der Waals surface area contributed by atoms with Gasteiger partial charge in [0.2, 0.25) is 0 Å². The standard InChI is InChI=1S/C10H20O3S/c1-3-5-7-9(10(11)12)14(13)8-6-4-2/h9H,3-8H2,1-2H3,(H,11,12). The van der Waals surface area contributed by atoms with Crippen molar-refractivity contribution >= 4 is 16.8 Å². The van der Waals surface area contributed by atoms with Gasteiger partial charge in [-0.2, -0.15) is 0 Å². The third kappa shape index (κ3) is 5.37. The fourth-order valence-corrected chi connectivity index (χ4v) is 2.70. The predicted octanol–water partition coefficient (Wildman–Crippen LogP) is 2.18. The summed E-state index contributed by atoms with van der Waals surface area (Å²) >= 11 is 0. The van der Waals surface area contributed by atoms with Crippen LogP contribution >= 0.6 is 0 Å². The Morgan fingerprint density at radius 1 is 1.29 bits per heavy atom. The maximum atomic E-state index is 11.6. The minimum Gasteiger partial charge on any atom is -0.480 e. The maximum Gasteiger partial charge on any atom is 0.319 e. The first-order valence-corrected chi connectivity index (χ1v) is 6.61. The van der Waals surface area contributed by atoms with Crippen molar-refractivity contribution < 1.29 is 14.1 Å². The van der Waals surface area contributed by atoms with Crippen LogP contribution in [0.2, 0.25) is 0 Å². The third-order valence-electron chi connectivity index (χ3n) is 2.11. The first-order valence-electron chi connectivity index (χ1n) is 5.23.